The van der Waals surface area contributed by atoms with Crippen LogP contribution in [0.2, 0.25) is 0 Å². The van der Waals surface area contributed by atoms with E-state index in [9.17, 15) is 8.42 Å². The molecule has 0 unspecified atom stereocenters. The van der Waals surface area contributed by atoms with Gasteiger partial charge in [-0.25, -0.2) is 8.42 Å². The molecular formula is C9H12ClNO2S. The van der Waals surface area contributed by atoms with Crippen molar-refractivity contribution in [1.29, 1.82) is 0 Å². The third kappa shape index (κ3) is 2.39. The van der Waals surface area contributed by atoms with Gasteiger partial charge in [-0.05, 0) is 30.7 Å². The van der Waals surface area contributed by atoms with Crippen molar-refractivity contribution in [3.8, 4) is 0 Å². The number of rotatable bonds is 2. The molecule has 0 saturated heterocycles. The average molecular weight is 234 g/mol. The van der Waals surface area contributed by atoms with Gasteiger partial charge >= 0.3 is 0 Å². The number of hydrogen-bond donors (Lipinski definition) is 0. The lowest BCUT2D eigenvalue weighted by atomic mass is 10.2. The molecule has 0 N–H and O–H groups in total. The van der Waals surface area contributed by atoms with Crippen molar-refractivity contribution in [3.63, 3.8) is 0 Å². The Hall–Kier alpha value is -0.740. The average Bonchev–Trinajstić information content (AvgIpc) is 2.01. The minimum Gasteiger partial charge on any atom is -0.378 e. The highest BCUT2D eigenvalue weighted by Crippen LogP contribution is 2.23. The summed E-state index contributed by atoms with van der Waals surface area (Å²) in [4.78, 5) is 2.07. The largest absolute Gasteiger partial charge is 0.378 e. The molecule has 14 heavy (non-hydrogen) atoms. The SMILES string of the molecule is Cc1cc(N(C)C)ccc1S(=O)(=O)Cl. The molecule has 0 aliphatic carbocycles. The Kier molecular flexibility index (Phi) is 3.07. The molecule has 5 heteroatoms. The first-order valence-corrected chi connectivity index (χ1v) is 6.36. The van der Waals surface area contributed by atoms with Gasteiger partial charge in [0.25, 0.3) is 9.05 Å². The van der Waals surface area contributed by atoms with Gasteiger partial charge in [0.1, 0.15) is 0 Å². The Morgan fingerprint density at radius 2 is 1.86 bits per heavy atom. The summed E-state index contributed by atoms with van der Waals surface area (Å²) in [5.41, 5.74) is 1.61. The van der Waals surface area contributed by atoms with E-state index in [0.717, 1.165) is 5.69 Å². The minimum atomic E-state index is -3.62. The zero-order chi connectivity index (χ0) is 10.9. The quantitative estimate of drug-likeness (QED) is 0.734. The van der Waals surface area contributed by atoms with Crippen molar-refractivity contribution in [2.75, 3.05) is 19.0 Å². The second-order valence-electron chi connectivity index (χ2n) is 3.28. The topological polar surface area (TPSA) is 37.4 Å². The molecule has 1 aromatic carbocycles. The molecular weight excluding hydrogens is 222 g/mol. The summed E-state index contributed by atoms with van der Waals surface area (Å²) in [6, 6.07) is 5.03. The molecule has 0 aliphatic rings. The lowest BCUT2D eigenvalue weighted by Crippen LogP contribution is -2.09. The van der Waals surface area contributed by atoms with Gasteiger partial charge in [0.2, 0.25) is 0 Å². The Morgan fingerprint density at radius 3 is 2.21 bits per heavy atom. The third-order valence-electron chi connectivity index (χ3n) is 1.94. The maximum Gasteiger partial charge on any atom is 0.261 e. The van der Waals surface area contributed by atoms with E-state index in [1.807, 2.05) is 19.0 Å². The number of aryl methyl sites for hydroxylation is 1. The summed E-state index contributed by atoms with van der Waals surface area (Å²) in [5, 5.41) is 0. The first-order chi connectivity index (χ1) is 6.32. The van der Waals surface area contributed by atoms with E-state index in [1.54, 1.807) is 19.1 Å². The molecule has 0 fully saturated rings. The van der Waals surface area contributed by atoms with Gasteiger partial charge < -0.3 is 4.90 Å². The Labute approximate surface area is 88.7 Å². The molecule has 0 bridgehead atoms. The van der Waals surface area contributed by atoms with Crippen LogP contribution in [-0.2, 0) is 9.05 Å². The maximum absolute atomic E-state index is 11.1. The second kappa shape index (κ2) is 3.79. The van der Waals surface area contributed by atoms with Crippen molar-refractivity contribution < 1.29 is 8.42 Å². The Morgan fingerprint density at radius 1 is 1.29 bits per heavy atom. The van der Waals surface area contributed by atoms with Crippen molar-refractivity contribution in [3.05, 3.63) is 23.8 Å². The Bertz CT molecular complexity index is 440. The molecule has 78 valence electrons. The lowest BCUT2D eigenvalue weighted by molar-refractivity contribution is 0.609. The predicted molar refractivity (Wildman–Crippen MR) is 58.5 cm³/mol. The minimum absolute atomic E-state index is 0.171. The van der Waals surface area contributed by atoms with Gasteiger partial charge in [0.15, 0.2) is 0 Å². The molecule has 0 amide bonds. The number of hydrogen-bond acceptors (Lipinski definition) is 3. The van der Waals surface area contributed by atoms with E-state index < -0.39 is 9.05 Å². The highest BCUT2D eigenvalue weighted by Gasteiger charge is 2.13. The maximum atomic E-state index is 11.1. The molecule has 0 atom stereocenters. The highest BCUT2D eigenvalue weighted by molar-refractivity contribution is 8.13. The van der Waals surface area contributed by atoms with Crippen LogP contribution in [0.25, 0.3) is 0 Å². The van der Waals surface area contributed by atoms with Crippen LogP contribution in [0.1, 0.15) is 5.56 Å². The van der Waals surface area contributed by atoms with Crippen LogP contribution in [-0.4, -0.2) is 22.5 Å². The van der Waals surface area contributed by atoms with Crippen LogP contribution in [0, 0.1) is 6.92 Å². The molecule has 0 aromatic heterocycles. The highest BCUT2D eigenvalue weighted by atomic mass is 35.7. The molecule has 0 aliphatic heterocycles. The molecule has 0 heterocycles. The van der Waals surface area contributed by atoms with Gasteiger partial charge in [-0.15, -0.1) is 0 Å². The summed E-state index contributed by atoms with van der Waals surface area (Å²) >= 11 is 0. The van der Waals surface area contributed by atoms with Crippen LogP contribution in [0.4, 0.5) is 5.69 Å². The molecule has 3 nitrogen and oxygen atoms in total. The summed E-state index contributed by atoms with van der Waals surface area (Å²) in [6.07, 6.45) is 0. The van der Waals surface area contributed by atoms with E-state index in [4.69, 9.17) is 10.7 Å². The van der Waals surface area contributed by atoms with Crippen molar-refractivity contribution in [2.45, 2.75) is 11.8 Å². The lowest BCUT2D eigenvalue weighted by Gasteiger charge is -2.13. The molecule has 0 saturated carbocycles. The summed E-state index contributed by atoms with van der Waals surface area (Å²) in [7, 11) is 5.42. The van der Waals surface area contributed by atoms with Gasteiger partial charge in [0.05, 0.1) is 4.90 Å². The van der Waals surface area contributed by atoms with E-state index >= 15 is 0 Å². The number of nitrogens with zero attached hydrogens (tertiary/aromatic N) is 1. The van der Waals surface area contributed by atoms with Crippen LogP contribution in [0.5, 0.6) is 0 Å². The number of benzene rings is 1. The zero-order valence-corrected chi connectivity index (χ0v) is 9.85. The fourth-order valence-electron chi connectivity index (χ4n) is 1.19. The van der Waals surface area contributed by atoms with Crippen molar-refractivity contribution >= 4 is 25.4 Å². The van der Waals surface area contributed by atoms with Gasteiger partial charge in [-0.2, -0.15) is 0 Å². The van der Waals surface area contributed by atoms with E-state index in [2.05, 4.69) is 0 Å². The normalized spacial score (nSPS) is 11.4. The first-order valence-electron chi connectivity index (χ1n) is 4.05. The zero-order valence-electron chi connectivity index (χ0n) is 8.28. The van der Waals surface area contributed by atoms with Gasteiger partial charge in [-0.3, -0.25) is 0 Å². The van der Waals surface area contributed by atoms with Crippen LogP contribution in [0.3, 0.4) is 0 Å². The molecule has 1 rings (SSSR count). The van der Waals surface area contributed by atoms with E-state index in [0.29, 0.717) is 5.56 Å². The Balaban J connectivity index is 3.28. The fourth-order valence-corrected chi connectivity index (χ4v) is 2.38. The monoisotopic (exact) mass is 233 g/mol. The molecule has 1 aromatic rings. The van der Waals surface area contributed by atoms with Gasteiger partial charge in [0, 0.05) is 30.5 Å². The van der Waals surface area contributed by atoms with Crippen LogP contribution >= 0.6 is 10.7 Å². The summed E-state index contributed by atoms with van der Waals surface area (Å²) in [5.74, 6) is 0. The predicted octanol–water partition coefficient (Wildman–Crippen LogP) is 1.99. The van der Waals surface area contributed by atoms with Crippen LogP contribution in [0.15, 0.2) is 23.1 Å². The summed E-state index contributed by atoms with van der Waals surface area (Å²) < 4.78 is 22.2. The molecule has 0 radical (unpaired) electrons. The molecule has 0 spiro atoms. The van der Waals surface area contributed by atoms with E-state index in [1.165, 1.54) is 6.07 Å². The van der Waals surface area contributed by atoms with Crippen LogP contribution < -0.4 is 4.90 Å². The second-order valence-corrected chi connectivity index (χ2v) is 5.82. The third-order valence-corrected chi connectivity index (χ3v) is 3.42. The fraction of sp³-hybridized carbons (Fsp3) is 0.333. The number of anilines is 1. The van der Waals surface area contributed by atoms with Crippen molar-refractivity contribution in [1.82, 2.24) is 0 Å². The summed E-state index contributed by atoms with van der Waals surface area (Å²) in [6.45, 7) is 1.72. The smallest absolute Gasteiger partial charge is 0.261 e. The van der Waals surface area contributed by atoms with Crippen molar-refractivity contribution in [2.24, 2.45) is 0 Å². The van der Waals surface area contributed by atoms with Gasteiger partial charge in [-0.1, -0.05) is 0 Å². The number of halogens is 1. The first kappa shape index (κ1) is 11.3. The van der Waals surface area contributed by atoms with E-state index in [-0.39, 0.29) is 4.90 Å². The standard InChI is InChI=1S/C9H12ClNO2S/c1-7-6-8(11(2)3)4-5-9(7)14(10,12)13/h4-6H,1-3H3.